The molecule has 0 aliphatic heterocycles. The summed E-state index contributed by atoms with van der Waals surface area (Å²) in [5.74, 6) is -0.224. The van der Waals surface area contributed by atoms with E-state index in [1.54, 1.807) is 17.8 Å². The van der Waals surface area contributed by atoms with Gasteiger partial charge < -0.3 is 10.6 Å². The van der Waals surface area contributed by atoms with Crippen molar-refractivity contribution in [1.82, 2.24) is 5.32 Å². The molecule has 2 amide bonds. The summed E-state index contributed by atoms with van der Waals surface area (Å²) < 4.78 is 0. The van der Waals surface area contributed by atoms with Gasteiger partial charge in [0.1, 0.15) is 0 Å². The molecule has 5 nitrogen and oxygen atoms in total. The van der Waals surface area contributed by atoms with Crippen LogP contribution in [0.1, 0.15) is 55.1 Å². The average molecular weight is 436 g/mol. The summed E-state index contributed by atoms with van der Waals surface area (Å²) in [6.07, 6.45) is 3.36. The second kappa shape index (κ2) is 12.6. The van der Waals surface area contributed by atoms with Crippen molar-refractivity contribution >= 4 is 34.2 Å². The molecule has 0 spiro atoms. The number of anilines is 1. The van der Waals surface area contributed by atoms with Crippen molar-refractivity contribution in [3.05, 3.63) is 71.3 Å². The number of amides is 2. The smallest absolute Gasteiger partial charge is 0.251 e. The van der Waals surface area contributed by atoms with E-state index in [4.69, 9.17) is 5.26 Å². The number of carbonyl (C=O) groups is 2. The van der Waals surface area contributed by atoms with Gasteiger partial charge in [0.05, 0.1) is 6.07 Å². The van der Waals surface area contributed by atoms with E-state index >= 15 is 0 Å². The van der Waals surface area contributed by atoms with Gasteiger partial charge in [0.25, 0.3) is 5.91 Å². The van der Waals surface area contributed by atoms with Gasteiger partial charge in [0, 0.05) is 40.4 Å². The van der Waals surface area contributed by atoms with Crippen LogP contribution in [-0.2, 0) is 11.2 Å². The zero-order chi connectivity index (χ0) is 22.6. The fourth-order valence-electron chi connectivity index (χ4n) is 2.88. The fourth-order valence-corrected chi connectivity index (χ4v) is 3.78. The van der Waals surface area contributed by atoms with Crippen molar-refractivity contribution in [2.24, 2.45) is 0 Å². The molecular weight excluding hydrogens is 406 g/mol. The number of thioether (sulfide) groups is 1. The van der Waals surface area contributed by atoms with Crippen LogP contribution in [-0.4, -0.2) is 23.6 Å². The summed E-state index contributed by atoms with van der Waals surface area (Å²) in [4.78, 5) is 25.2. The zero-order valence-electron chi connectivity index (χ0n) is 18.3. The Morgan fingerprint density at radius 1 is 1.06 bits per heavy atom. The van der Waals surface area contributed by atoms with Crippen molar-refractivity contribution in [2.75, 3.05) is 11.9 Å². The zero-order valence-corrected chi connectivity index (χ0v) is 19.1. The molecule has 2 N–H and O–H groups in total. The van der Waals surface area contributed by atoms with E-state index in [2.05, 4.69) is 37.5 Å². The first-order valence-electron chi connectivity index (χ1n) is 10.5. The van der Waals surface area contributed by atoms with Gasteiger partial charge in [0.2, 0.25) is 5.91 Å². The molecule has 2 aromatic carbocycles. The van der Waals surface area contributed by atoms with E-state index in [0.717, 1.165) is 16.9 Å². The van der Waals surface area contributed by atoms with Crippen LogP contribution < -0.4 is 10.6 Å². The monoisotopic (exact) mass is 435 g/mol. The predicted octanol–water partition coefficient (Wildman–Crippen LogP) is 5.40. The molecule has 0 saturated carbocycles. The third-order valence-electron chi connectivity index (χ3n) is 4.50. The van der Waals surface area contributed by atoms with Crippen LogP contribution in [0.25, 0.3) is 4.91 Å². The van der Waals surface area contributed by atoms with Crippen LogP contribution in [0.5, 0.6) is 0 Å². The molecule has 0 aromatic heterocycles. The molecule has 0 bridgehead atoms. The van der Waals surface area contributed by atoms with Crippen LogP contribution in [0.3, 0.4) is 0 Å². The number of nitriles is 1. The van der Waals surface area contributed by atoms with Gasteiger partial charge >= 0.3 is 0 Å². The summed E-state index contributed by atoms with van der Waals surface area (Å²) in [6.45, 7) is 6.67. The van der Waals surface area contributed by atoms with Crippen LogP contribution in [0.2, 0.25) is 0 Å². The van der Waals surface area contributed by atoms with Crippen LogP contribution in [0.15, 0.2) is 54.6 Å². The second-order valence-electron chi connectivity index (χ2n) is 7.34. The maximum absolute atomic E-state index is 12.2. The molecule has 0 unspecified atom stereocenters. The highest BCUT2D eigenvalue weighted by molar-refractivity contribution is 8.08. The molecule has 0 aliphatic rings. The summed E-state index contributed by atoms with van der Waals surface area (Å²) in [5.41, 5.74) is 3.48. The lowest BCUT2D eigenvalue weighted by Crippen LogP contribution is -2.25. The summed E-state index contributed by atoms with van der Waals surface area (Å²) in [5, 5.41) is 15.1. The summed E-state index contributed by atoms with van der Waals surface area (Å²) >= 11 is 1.63. The van der Waals surface area contributed by atoms with Crippen molar-refractivity contribution in [2.45, 2.75) is 45.3 Å². The molecule has 162 valence electrons. The SMILES string of the molecule is CCc1ccc(C(=O)NCCCC(=O)Nc2ccc(/C(=C\C#N)SC(C)C)cc2)cc1. The number of allylic oxidation sites excluding steroid dienone is 1. The number of carbonyl (C=O) groups excluding carboxylic acids is 2. The van der Waals surface area contributed by atoms with Crippen molar-refractivity contribution < 1.29 is 9.59 Å². The topological polar surface area (TPSA) is 82.0 Å². The molecule has 2 aromatic rings. The van der Waals surface area contributed by atoms with E-state index in [-0.39, 0.29) is 11.8 Å². The number of hydrogen-bond donors (Lipinski definition) is 2. The Labute approximate surface area is 188 Å². The lowest BCUT2D eigenvalue weighted by molar-refractivity contribution is -0.116. The van der Waals surface area contributed by atoms with Crippen molar-refractivity contribution in [3.63, 3.8) is 0 Å². The van der Waals surface area contributed by atoms with Crippen LogP contribution >= 0.6 is 11.8 Å². The molecular formula is C25H29N3O2S. The molecule has 0 radical (unpaired) electrons. The quantitative estimate of drug-likeness (QED) is 0.386. The maximum atomic E-state index is 12.2. The fraction of sp³-hybridized carbons (Fsp3) is 0.320. The number of nitrogens with zero attached hydrogens (tertiary/aromatic N) is 1. The highest BCUT2D eigenvalue weighted by Gasteiger charge is 2.08. The summed E-state index contributed by atoms with van der Waals surface area (Å²) in [6, 6.07) is 17.1. The Kier molecular flexibility index (Phi) is 9.86. The largest absolute Gasteiger partial charge is 0.352 e. The lowest BCUT2D eigenvalue weighted by Gasteiger charge is -2.11. The third-order valence-corrected chi connectivity index (χ3v) is 5.58. The predicted molar refractivity (Wildman–Crippen MR) is 129 cm³/mol. The van der Waals surface area contributed by atoms with Gasteiger partial charge in [-0.25, -0.2) is 0 Å². The highest BCUT2D eigenvalue weighted by Crippen LogP contribution is 2.31. The van der Waals surface area contributed by atoms with Gasteiger partial charge in [-0.15, -0.1) is 11.8 Å². The Hall–Kier alpha value is -3.04. The number of benzene rings is 2. The normalized spacial score (nSPS) is 11.1. The molecule has 0 aliphatic carbocycles. The van der Waals surface area contributed by atoms with Crippen LogP contribution in [0.4, 0.5) is 5.69 Å². The minimum Gasteiger partial charge on any atom is -0.352 e. The molecule has 0 heterocycles. The standard InChI is InChI=1S/C25H29N3O2S/c1-4-19-7-9-21(10-8-19)25(30)27-17-5-6-24(29)28-22-13-11-20(12-14-22)23(15-16-26)31-18(2)3/h7-15,18H,4-6,17H2,1-3H3,(H,27,30)(H,28,29)/b23-15+. The third kappa shape index (κ3) is 8.31. The van der Waals surface area contributed by atoms with Crippen molar-refractivity contribution in [3.8, 4) is 6.07 Å². The van der Waals surface area contributed by atoms with Gasteiger partial charge in [-0.3, -0.25) is 9.59 Å². The van der Waals surface area contributed by atoms with E-state index in [1.165, 1.54) is 5.56 Å². The first-order valence-corrected chi connectivity index (χ1v) is 11.3. The molecule has 2 rings (SSSR count). The van der Waals surface area contributed by atoms with Gasteiger partial charge in [-0.2, -0.15) is 5.26 Å². The molecule has 0 fully saturated rings. The van der Waals surface area contributed by atoms with E-state index in [9.17, 15) is 9.59 Å². The first kappa shape index (κ1) is 24.2. The minimum absolute atomic E-state index is 0.0985. The Balaban J connectivity index is 1.77. The van der Waals surface area contributed by atoms with Gasteiger partial charge in [0.15, 0.2) is 0 Å². The van der Waals surface area contributed by atoms with Crippen LogP contribution in [0, 0.1) is 11.3 Å². The maximum Gasteiger partial charge on any atom is 0.251 e. The number of hydrogen-bond acceptors (Lipinski definition) is 4. The number of nitrogens with one attached hydrogen (secondary N) is 2. The number of rotatable bonds is 10. The average Bonchev–Trinajstić information content (AvgIpc) is 2.76. The van der Waals surface area contributed by atoms with E-state index < -0.39 is 0 Å². The lowest BCUT2D eigenvalue weighted by atomic mass is 10.1. The second-order valence-corrected chi connectivity index (χ2v) is 8.96. The first-order chi connectivity index (χ1) is 14.9. The Morgan fingerprint density at radius 2 is 1.71 bits per heavy atom. The van der Waals surface area contributed by atoms with Gasteiger partial charge in [-0.1, -0.05) is 45.0 Å². The summed E-state index contributed by atoms with van der Waals surface area (Å²) in [7, 11) is 0. The molecule has 0 atom stereocenters. The van der Waals surface area contributed by atoms with E-state index in [0.29, 0.717) is 35.9 Å². The van der Waals surface area contributed by atoms with Crippen molar-refractivity contribution in [1.29, 1.82) is 5.26 Å². The minimum atomic E-state index is -0.126. The Bertz CT molecular complexity index is 942. The van der Waals surface area contributed by atoms with Gasteiger partial charge in [-0.05, 0) is 48.2 Å². The molecule has 31 heavy (non-hydrogen) atoms. The molecule has 0 saturated heterocycles. The number of aryl methyl sites for hydroxylation is 1. The highest BCUT2D eigenvalue weighted by atomic mass is 32.2. The Morgan fingerprint density at radius 3 is 2.29 bits per heavy atom. The molecule has 6 heteroatoms. The van der Waals surface area contributed by atoms with E-state index in [1.807, 2.05) is 48.5 Å².